The van der Waals surface area contributed by atoms with Crippen LogP contribution < -0.4 is 10.2 Å². The van der Waals surface area contributed by atoms with Gasteiger partial charge in [0.1, 0.15) is 11.4 Å². The van der Waals surface area contributed by atoms with Gasteiger partial charge in [-0.1, -0.05) is 25.8 Å². The summed E-state index contributed by atoms with van der Waals surface area (Å²) in [6.07, 6.45) is 5.70. The van der Waals surface area contributed by atoms with Crippen molar-refractivity contribution in [2.75, 3.05) is 23.3 Å². The molecule has 1 aromatic rings. The molecule has 1 unspecified atom stereocenters. The van der Waals surface area contributed by atoms with E-state index in [1.165, 1.54) is 12.8 Å². The fraction of sp³-hybridized carbons (Fsp3) is 0.625. The second kappa shape index (κ2) is 7.29. The molecule has 1 N–H and O–H groups in total. The van der Waals surface area contributed by atoms with Crippen molar-refractivity contribution in [3.63, 3.8) is 0 Å². The molecule has 1 atom stereocenters. The van der Waals surface area contributed by atoms with E-state index in [4.69, 9.17) is 0 Å². The predicted octanol–water partition coefficient (Wildman–Crippen LogP) is 4.19. The zero-order valence-electron chi connectivity index (χ0n) is 13.0. The first-order valence-electron chi connectivity index (χ1n) is 7.97. The zero-order chi connectivity index (χ0) is 15.2. The highest BCUT2D eigenvalue weighted by Crippen LogP contribution is 2.38. The third-order valence-electron chi connectivity index (χ3n) is 4.22. The number of nitrogens with one attached hydrogen (secondary N) is 1. The van der Waals surface area contributed by atoms with Gasteiger partial charge >= 0.3 is 5.69 Å². The summed E-state index contributed by atoms with van der Waals surface area (Å²) in [5, 5.41) is 14.7. The lowest BCUT2D eigenvalue weighted by Gasteiger charge is -2.31. The van der Waals surface area contributed by atoms with Crippen molar-refractivity contribution in [1.82, 2.24) is 0 Å². The van der Waals surface area contributed by atoms with E-state index in [0.717, 1.165) is 31.5 Å². The molecular weight excluding hydrogens is 266 g/mol. The predicted molar refractivity (Wildman–Crippen MR) is 87.2 cm³/mol. The molecule has 1 aromatic carbocycles. The SMILES string of the molecule is CCNc1cccc(N2CCCCCC2CC)c1[N+](=O)[O-]. The lowest BCUT2D eigenvalue weighted by atomic mass is 10.1. The van der Waals surface area contributed by atoms with Crippen molar-refractivity contribution in [1.29, 1.82) is 0 Å². The van der Waals surface area contributed by atoms with E-state index >= 15 is 0 Å². The second-order valence-electron chi connectivity index (χ2n) is 5.57. The van der Waals surface area contributed by atoms with Crippen molar-refractivity contribution in [3.05, 3.63) is 28.3 Å². The molecule has 1 aliphatic rings. The average molecular weight is 291 g/mol. The average Bonchev–Trinajstić information content (AvgIpc) is 2.72. The number of hydrogen-bond donors (Lipinski definition) is 1. The van der Waals surface area contributed by atoms with Gasteiger partial charge in [-0.2, -0.15) is 0 Å². The van der Waals surface area contributed by atoms with Gasteiger partial charge in [-0.05, 0) is 38.3 Å². The maximum Gasteiger partial charge on any atom is 0.315 e. The Morgan fingerprint density at radius 1 is 1.33 bits per heavy atom. The number of nitro groups is 1. The van der Waals surface area contributed by atoms with Crippen molar-refractivity contribution >= 4 is 17.1 Å². The monoisotopic (exact) mass is 291 g/mol. The molecule has 116 valence electrons. The van der Waals surface area contributed by atoms with Gasteiger partial charge in [-0.3, -0.25) is 10.1 Å². The van der Waals surface area contributed by atoms with Crippen LogP contribution in [0, 0.1) is 10.1 Å². The van der Waals surface area contributed by atoms with Gasteiger partial charge in [0.05, 0.1) is 4.92 Å². The molecule has 0 amide bonds. The largest absolute Gasteiger partial charge is 0.380 e. The molecule has 5 nitrogen and oxygen atoms in total. The van der Waals surface area contributed by atoms with E-state index < -0.39 is 0 Å². The Balaban J connectivity index is 2.45. The second-order valence-corrected chi connectivity index (χ2v) is 5.57. The summed E-state index contributed by atoms with van der Waals surface area (Å²) in [6, 6.07) is 6.01. The summed E-state index contributed by atoms with van der Waals surface area (Å²) < 4.78 is 0. The summed E-state index contributed by atoms with van der Waals surface area (Å²) in [7, 11) is 0. The third-order valence-corrected chi connectivity index (χ3v) is 4.22. The van der Waals surface area contributed by atoms with Gasteiger partial charge in [0.25, 0.3) is 0 Å². The molecule has 1 fully saturated rings. The first kappa shape index (κ1) is 15.6. The molecule has 0 spiro atoms. The number of anilines is 2. The molecule has 2 rings (SSSR count). The van der Waals surface area contributed by atoms with Crippen molar-refractivity contribution < 1.29 is 4.92 Å². The summed E-state index contributed by atoms with van der Waals surface area (Å²) in [5.41, 5.74) is 1.62. The van der Waals surface area contributed by atoms with Crippen LogP contribution in [0.25, 0.3) is 0 Å². The van der Waals surface area contributed by atoms with Gasteiger partial charge in [-0.15, -0.1) is 0 Å². The quantitative estimate of drug-likeness (QED) is 0.653. The molecule has 1 aliphatic heterocycles. The molecule has 0 radical (unpaired) electrons. The van der Waals surface area contributed by atoms with Crippen LogP contribution in [-0.4, -0.2) is 24.1 Å². The van der Waals surface area contributed by atoms with Gasteiger partial charge in [0.2, 0.25) is 0 Å². The van der Waals surface area contributed by atoms with E-state index in [2.05, 4.69) is 17.1 Å². The van der Waals surface area contributed by atoms with Crippen molar-refractivity contribution in [2.24, 2.45) is 0 Å². The first-order chi connectivity index (χ1) is 10.2. The van der Waals surface area contributed by atoms with Crippen LogP contribution in [0.5, 0.6) is 0 Å². The van der Waals surface area contributed by atoms with E-state index in [-0.39, 0.29) is 10.6 Å². The maximum atomic E-state index is 11.6. The highest BCUT2D eigenvalue weighted by atomic mass is 16.6. The smallest absolute Gasteiger partial charge is 0.315 e. The summed E-state index contributed by atoms with van der Waals surface area (Å²) in [4.78, 5) is 13.6. The minimum Gasteiger partial charge on any atom is -0.380 e. The van der Waals surface area contributed by atoms with Crippen molar-refractivity contribution in [2.45, 2.75) is 52.0 Å². The summed E-state index contributed by atoms with van der Waals surface area (Å²) in [6.45, 7) is 5.72. The highest BCUT2D eigenvalue weighted by Gasteiger charge is 2.28. The normalized spacial score (nSPS) is 19.1. The molecule has 1 saturated heterocycles. The Morgan fingerprint density at radius 2 is 2.14 bits per heavy atom. The van der Waals surface area contributed by atoms with E-state index in [9.17, 15) is 10.1 Å². The molecular formula is C16H25N3O2. The Morgan fingerprint density at radius 3 is 2.81 bits per heavy atom. The highest BCUT2D eigenvalue weighted by molar-refractivity contribution is 5.77. The standard InChI is InChI=1S/C16H25N3O2/c1-3-13-9-6-5-7-12-18(13)15-11-8-10-14(17-4-2)16(15)19(20)21/h8,10-11,13,17H,3-7,9,12H2,1-2H3. The Hall–Kier alpha value is -1.78. The molecule has 21 heavy (non-hydrogen) atoms. The van der Waals surface area contributed by atoms with Gasteiger partial charge in [0, 0.05) is 19.1 Å². The van der Waals surface area contributed by atoms with Crippen LogP contribution in [0.2, 0.25) is 0 Å². The molecule has 0 aliphatic carbocycles. The van der Waals surface area contributed by atoms with E-state index in [1.807, 2.05) is 19.1 Å². The van der Waals surface area contributed by atoms with Crippen molar-refractivity contribution in [3.8, 4) is 0 Å². The van der Waals surface area contributed by atoms with Crippen LogP contribution in [0.15, 0.2) is 18.2 Å². The van der Waals surface area contributed by atoms with E-state index in [0.29, 0.717) is 18.3 Å². The lowest BCUT2D eigenvalue weighted by molar-refractivity contribution is -0.383. The Labute approximate surface area is 126 Å². The van der Waals surface area contributed by atoms with Gasteiger partial charge in [-0.25, -0.2) is 0 Å². The van der Waals surface area contributed by atoms with E-state index in [1.54, 1.807) is 6.07 Å². The summed E-state index contributed by atoms with van der Waals surface area (Å²) >= 11 is 0. The molecule has 0 bridgehead atoms. The third kappa shape index (κ3) is 3.46. The molecule has 5 heteroatoms. The number of nitro benzene ring substituents is 1. The molecule has 1 heterocycles. The van der Waals surface area contributed by atoms with Gasteiger partial charge in [0.15, 0.2) is 0 Å². The minimum atomic E-state index is -0.245. The van der Waals surface area contributed by atoms with Crippen LogP contribution in [0.4, 0.5) is 17.1 Å². The van der Waals surface area contributed by atoms with Crippen LogP contribution in [0.3, 0.4) is 0 Å². The fourth-order valence-corrected chi connectivity index (χ4v) is 3.21. The number of nitrogens with zero attached hydrogens (tertiary/aromatic N) is 2. The maximum absolute atomic E-state index is 11.6. The van der Waals surface area contributed by atoms with Gasteiger partial charge < -0.3 is 10.2 Å². The zero-order valence-corrected chi connectivity index (χ0v) is 13.0. The minimum absolute atomic E-state index is 0.222. The lowest BCUT2D eigenvalue weighted by Crippen LogP contribution is -2.34. The Kier molecular flexibility index (Phi) is 5.42. The topological polar surface area (TPSA) is 58.4 Å². The first-order valence-corrected chi connectivity index (χ1v) is 7.97. The molecule has 0 saturated carbocycles. The van der Waals surface area contributed by atoms with Crippen LogP contribution in [-0.2, 0) is 0 Å². The van der Waals surface area contributed by atoms with Crippen LogP contribution in [0.1, 0.15) is 46.0 Å². The summed E-state index contributed by atoms with van der Waals surface area (Å²) in [5.74, 6) is 0. The Bertz CT molecular complexity index is 490. The molecule has 0 aromatic heterocycles. The number of hydrogen-bond acceptors (Lipinski definition) is 4. The number of para-hydroxylation sites is 1. The number of benzene rings is 1. The number of rotatable bonds is 5. The van der Waals surface area contributed by atoms with Crippen LogP contribution >= 0.6 is 0 Å². The fourth-order valence-electron chi connectivity index (χ4n) is 3.21.